The summed E-state index contributed by atoms with van der Waals surface area (Å²) in [6.07, 6.45) is 1.33. The second-order valence-electron chi connectivity index (χ2n) is 3.25. The maximum atomic E-state index is 11.9. The summed E-state index contributed by atoms with van der Waals surface area (Å²) in [5.41, 5.74) is 5.73. The van der Waals surface area contributed by atoms with Crippen LogP contribution in [0.3, 0.4) is 0 Å². The van der Waals surface area contributed by atoms with Crippen LogP contribution in [0.4, 0.5) is 0 Å². The van der Waals surface area contributed by atoms with E-state index in [2.05, 4.69) is 0 Å². The largest absolute Gasteiger partial charge is 0.329 e. The monoisotopic (exact) mass is 256 g/mol. The Balaban J connectivity index is 2.28. The van der Waals surface area contributed by atoms with E-state index < -0.39 is 0 Å². The fourth-order valence-electron chi connectivity index (χ4n) is 1.49. The highest BCUT2D eigenvalue weighted by atomic mass is 35.5. The van der Waals surface area contributed by atoms with E-state index in [9.17, 15) is 9.59 Å². The second-order valence-corrected chi connectivity index (χ2v) is 4.96. The van der Waals surface area contributed by atoms with Gasteiger partial charge in [-0.3, -0.25) is 14.5 Å². The van der Waals surface area contributed by atoms with Crippen LogP contribution in [0.15, 0.2) is 18.2 Å². The van der Waals surface area contributed by atoms with Gasteiger partial charge in [-0.05, 0) is 12.1 Å². The van der Waals surface area contributed by atoms with Crippen LogP contribution in [0, 0.1) is 0 Å². The minimum atomic E-state index is -0.310. The molecule has 1 aliphatic rings. The predicted molar refractivity (Wildman–Crippen MR) is 63.1 cm³/mol. The van der Waals surface area contributed by atoms with E-state index in [1.807, 2.05) is 0 Å². The van der Waals surface area contributed by atoms with Gasteiger partial charge in [-0.1, -0.05) is 11.6 Å². The van der Waals surface area contributed by atoms with Gasteiger partial charge in [0, 0.05) is 24.0 Å². The lowest BCUT2D eigenvalue weighted by atomic mass is 10.2. The molecule has 0 unspecified atom stereocenters. The Hall–Kier alpha value is -1.17. The molecule has 2 amide bonds. The molecule has 16 heavy (non-hydrogen) atoms. The van der Waals surface area contributed by atoms with Gasteiger partial charge >= 0.3 is 0 Å². The molecule has 2 N–H and O–H groups in total. The average molecular weight is 257 g/mol. The van der Waals surface area contributed by atoms with Gasteiger partial charge in [0.25, 0.3) is 11.8 Å². The van der Waals surface area contributed by atoms with E-state index in [1.165, 1.54) is 17.4 Å². The van der Waals surface area contributed by atoms with Gasteiger partial charge in [-0.15, -0.1) is 11.3 Å². The quantitative estimate of drug-likeness (QED) is 0.824. The predicted octanol–water partition coefficient (Wildman–Crippen LogP) is 1.11. The maximum Gasteiger partial charge on any atom is 0.262 e. The number of hydrogen-bond donors (Lipinski definition) is 1. The Bertz CT molecular complexity index is 481. The molecule has 0 aromatic carbocycles. The zero-order valence-electron chi connectivity index (χ0n) is 8.27. The van der Waals surface area contributed by atoms with Crippen molar-refractivity contribution in [2.75, 3.05) is 13.1 Å². The topological polar surface area (TPSA) is 63.4 Å². The first-order valence-corrected chi connectivity index (χ1v) is 5.86. The number of nitrogens with two attached hydrogens (primary N) is 1. The van der Waals surface area contributed by atoms with E-state index in [4.69, 9.17) is 17.3 Å². The molecule has 0 radical (unpaired) electrons. The number of nitrogens with zero attached hydrogens (tertiary/aromatic N) is 1. The molecule has 0 atom stereocenters. The summed E-state index contributed by atoms with van der Waals surface area (Å²) in [4.78, 5) is 25.2. The van der Waals surface area contributed by atoms with Crippen molar-refractivity contribution in [3.05, 3.63) is 27.4 Å². The summed E-state index contributed by atoms with van der Waals surface area (Å²) in [6, 6.07) is 3.43. The summed E-state index contributed by atoms with van der Waals surface area (Å²) in [5, 5.41) is 0. The van der Waals surface area contributed by atoms with Gasteiger partial charge < -0.3 is 5.73 Å². The van der Waals surface area contributed by atoms with Crippen LogP contribution in [0.2, 0.25) is 4.34 Å². The minimum Gasteiger partial charge on any atom is -0.329 e. The molecule has 0 bridgehead atoms. The molecule has 0 fully saturated rings. The Morgan fingerprint density at radius 2 is 2.12 bits per heavy atom. The van der Waals surface area contributed by atoms with Crippen molar-refractivity contribution >= 4 is 40.3 Å². The SMILES string of the molecule is NCCN1C(=O)C=C(c2ccc(Cl)s2)C1=O. The number of hydrogen-bond acceptors (Lipinski definition) is 4. The first-order valence-electron chi connectivity index (χ1n) is 4.67. The van der Waals surface area contributed by atoms with Crippen molar-refractivity contribution in [2.24, 2.45) is 5.73 Å². The van der Waals surface area contributed by atoms with Gasteiger partial charge in [-0.2, -0.15) is 0 Å². The number of halogens is 1. The highest BCUT2D eigenvalue weighted by Crippen LogP contribution is 2.31. The zero-order valence-corrected chi connectivity index (χ0v) is 9.85. The van der Waals surface area contributed by atoms with Gasteiger partial charge in [0.1, 0.15) is 0 Å². The summed E-state index contributed by atoms with van der Waals surface area (Å²) in [7, 11) is 0. The molecule has 0 saturated heterocycles. The van der Waals surface area contributed by atoms with E-state index >= 15 is 0 Å². The Morgan fingerprint density at radius 1 is 1.38 bits per heavy atom. The summed E-state index contributed by atoms with van der Waals surface area (Å²) in [6.45, 7) is 0.514. The highest BCUT2D eigenvalue weighted by molar-refractivity contribution is 7.17. The van der Waals surface area contributed by atoms with Crippen LogP contribution in [0.5, 0.6) is 0 Å². The third kappa shape index (κ3) is 1.89. The van der Waals surface area contributed by atoms with Crippen LogP contribution in [0.1, 0.15) is 4.88 Å². The number of rotatable bonds is 3. The molecule has 0 spiro atoms. The minimum absolute atomic E-state index is 0.247. The molecule has 1 aliphatic heterocycles. The molecule has 0 aliphatic carbocycles. The van der Waals surface area contributed by atoms with Crippen molar-refractivity contribution in [1.82, 2.24) is 4.90 Å². The van der Waals surface area contributed by atoms with E-state index in [-0.39, 0.29) is 24.9 Å². The maximum absolute atomic E-state index is 11.9. The first kappa shape index (κ1) is 11.3. The molecule has 1 aromatic heterocycles. The molecule has 6 heteroatoms. The van der Waals surface area contributed by atoms with E-state index in [1.54, 1.807) is 12.1 Å². The molecule has 2 rings (SSSR count). The van der Waals surface area contributed by atoms with Crippen LogP contribution in [-0.4, -0.2) is 29.8 Å². The van der Waals surface area contributed by atoms with Gasteiger partial charge in [0.05, 0.1) is 9.91 Å². The number of imide groups is 1. The molecular formula is C10H9ClN2O2S. The Kier molecular flexibility index (Phi) is 3.09. The van der Waals surface area contributed by atoms with Crippen molar-refractivity contribution in [2.45, 2.75) is 0 Å². The van der Waals surface area contributed by atoms with E-state index in [0.717, 1.165) is 4.90 Å². The van der Waals surface area contributed by atoms with Crippen LogP contribution >= 0.6 is 22.9 Å². The lowest BCUT2D eigenvalue weighted by Crippen LogP contribution is -2.35. The number of carbonyl (C=O) groups is 2. The zero-order chi connectivity index (χ0) is 11.7. The smallest absolute Gasteiger partial charge is 0.262 e. The Morgan fingerprint density at radius 3 is 2.69 bits per heavy atom. The van der Waals surface area contributed by atoms with Gasteiger partial charge in [-0.25, -0.2) is 0 Å². The Labute approximate surface area is 101 Å². The van der Waals surface area contributed by atoms with Crippen molar-refractivity contribution < 1.29 is 9.59 Å². The van der Waals surface area contributed by atoms with Gasteiger partial charge in [0.15, 0.2) is 0 Å². The highest BCUT2D eigenvalue weighted by Gasteiger charge is 2.31. The van der Waals surface area contributed by atoms with Crippen molar-refractivity contribution in [1.29, 1.82) is 0 Å². The molecule has 1 aromatic rings. The average Bonchev–Trinajstić information content (AvgIpc) is 2.77. The third-order valence-electron chi connectivity index (χ3n) is 2.20. The lowest BCUT2D eigenvalue weighted by Gasteiger charge is -2.12. The van der Waals surface area contributed by atoms with Crippen molar-refractivity contribution in [3.8, 4) is 0 Å². The fraction of sp³-hybridized carbons (Fsp3) is 0.200. The lowest BCUT2D eigenvalue weighted by molar-refractivity contribution is -0.136. The van der Waals surface area contributed by atoms with E-state index in [0.29, 0.717) is 14.8 Å². The number of carbonyl (C=O) groups excluding carboxylic acids is 2. The second kappa shape index (κ2) is 4.37. The van der Waals surface area contributed by atoms with Crippen LogP contribution < -0.4 is 5.73 Å². The molecule has 4 nitrogen and oxygen atoms in total. The molecule has 2 heterocycles. The van der Waals surface area contributed by atoms with Crippen LogP contribution in [0.25, 0.3) is 5.57 Å². The normalized spacial score (nSPS) is 15.9. The van der Waals surface area contributed by atoms with Crippen molar-refractivity contribution in [3.63, 3.8) is 0 Å². The van der Waals surface area contributed by atoms with Crippen LogP contribution in [-0.2, 0) is 9.59 Å². The summed E-state index contributed by atoms with van der Waals surface area (Å²) < 4.78 is 0.591. The molecule has 0 saturated carbocycles. The number of thiophene rings is 1. The van der Waals surface area contributed by atoms with Gasteiger partial charge in [0.2, 0.25) is 0 Å². The number of amides is 2. The third-order valence-corrected chi connectivity index (χ3v) is 3.47. The molecular weight excluding hydrogens is 248 g/mol. The fourth-order valence-corrected chi connectivity index (χ4v) is 2.54. The summed E-state index contributed by atoms with van der Waals surface area (Å²) in [5.74, 6) is -0.607. The molecule has 84 valence electrons. The summed E-state index contributed by atoms with van der Waals surface area (Å²) >= 11 is 7.06. The first-order chi connectivity index (χ1) is 7.63. The standard InChI is InChI=1S/C10H9ClN2O2S/c11-8-2-1-7(16-8)6-5-9(14)13(4-3-12)10(6)15/h1-2,5H,3-4,12H2.